The van der Waals surface area contributed by atoms with E-state index in [0.717, 1.165) is 30.6 Å². The van der Waals surface area contributed by atoms with E-state index in [0.29, 0.717) is 12.3 Å². The van der Waals surface area contributed by atoms with Crippen LogP contribution in [0.5, 0.6) is 0 Å². The van der Waals surface area contributed by atoms with Crippen LogP contribution >= 0.6 is 0 Å². The second-order valence-electron chi connectivity index (χ2n) is 7.93. The number of allylic oxidation sites excluding steroid dienone is 2. The van der Waals surface area contributed by atoms with Crippen LogP contribution in [-0.4, -0.2) is 13.1 Å². The van der Waals surface area contributed by atoms with Gasteiger partial charge in [0.05, 0.1) is 7.11 Å². The third-order valence-corrected chi connectivity index (χ3v) is 5.75. The molecule has 0 radical (unpaired) electrons. The zero-order valence-corrected chi connectivity index (χ0v) is 15.5. The van der Waals surface area contributed by atoms with Crippen molar-refractivity contribution >= 4 is 5.97 Å². The summed E-state index contributed by atoms with van der Waals surface area (Å²) in [7, 11) is 1.47. The van der Waals surface area contributed by atoms with Gasteiger partial charge in [-0.05, 0) is 54.8 Å². The van der Waals surface area contributed by atoms with E-state index in [1.807, 2.05) is 0 Å². The zero-order valence-electron chi connectivity index (χ0n) is 15.5. The molecule has 0 aromatic heterocycles. The summed E-state index contributed by atoms with van der Waals surface area (Å²) >= 11 is 0. The van der Waals surface area contributed by atoms with Crippen LogP contribution < -0.4 is 0 Å². The molecule has 0 bridgehead atoms. The van der Waals surface area contributed by atoms with Gasteiger partial charge in [0.15, 0.2) is 0 Å². The lowest BCUT2D eigenvalue weighted by Crippen LogP contribution is -2.27. The summed E-state index contributed by atoms with van der Waals surface area (Å²) < 4.78 is 4.78. The first-order chi connectivity index (χ1) is 10.3. The predicted octanol–water partition coefficient (Wildman–Crippen LogP) is 5.62. The molecular weight excluding hydrogens is 272 g/mol. The summed E-state index contributed by atoms with van der Waals surface area (Å²) in [6.45, 7) is 11.6. The molecule has 0 heterocycles. The quantitative estimate of drug-likeness (QED) is 0.450. The molecule has 1 aliphatic rings. The highest BCUT2D eigenvalue weighted by Gasteiger charge is 2.30. The van der Waals surface area contributed by atoms with Gasteiger partial charge in [-0.25, -0.2) is 0 Å². The molecule has 1 fully saturated rings. The topological polar surface area (TPSA) is 26.3 Å². The van der Waals surface area contributed by atoms with Crippen LogP contribution in [0.1, 0.15) is 73.1 Å². The maximum Gasteiger partial charge on any atom is 0.305 e. The number of methoxy groups -OCH3 is 1. The van der Waals surface area contributed by atoms with E-state index < -0.39 is 0 Å². The van der Waals surface area contributed by atoms with Gasteiger partial charge in [-0.2, -0.15) is 0 Å². The molecule has 0 unspecified atom stereocenters. The molecule has 0 aliphatic heterocycles. The number of hydrogen-bond acceptors (Lipinski definition) is 2. The van der Waals surface area contributed by atoms with Crippen molar-refractivity contribution in [1.29, 1.82) is 0 Å². The van der Waals surface area contributed by atoms with Gasteiger partial charge in [-0.15, -0.1) is 0 Å². The predicted molar refractivity (Wildman–Crippen MR) is 93.6 cm³/mol. The van der Waals surface area contributed by atoms with Crippen molar-refractivity contribution in [1.82, 2.24) is 0 Å². The van der Waals surface area contributed by atoms with E-state index in [2.05, 4.69) is 46.8 Å². The number of carbonyl (C=O) groups is 1. The number of carbonyl (C=O) groups excluding carboxylic acids is 1. The fourth-order valence-electron chi connectivity index (χ4n) is 3.72. The molecule has 0 saturated heterocycles. The lowest BCUT2D eigenvalue weighted by Gasteiger charge is -2.36. The first-order valence-corrected chi connectivity index (χ1v) is 9.07. The third-order valence-electron chi connectivity index (χ3n) is 5.75. The first-order valence-electron chi connectivity index (χ1n) is 9.07. The number of rotatable bonds is 7. The van der Waals surface area contributed by atoms with Crippen LogP contribution in [0.25, 0.3) is 0 Å². The zero-order chi connectivity index (χ0) is 16.8. The van der Waals surface area contributed by atoms with Gasteiger partial charge in [0.25, 0.3) is 0 Å². The maximum atomic E-state index is 11.4. The van der Waals surface area contributed by atoms with Gasteiger partial charge in [-0.1, -0.05) is 53.2 Å². The molecule has 0 aromatic carbocycles. The molecule has 22 heavy (non-hydrogen) atoms. The Morgan fingerprint density at radius 1 is 1.36 bits per heavy atom. The highest BCUT2D eigenvalue weighted by atomic mass is 16.5. The van der Waals surface area contributed by atoms with Crippen LogP contribution in [0.3, 0.4) is 0 Å². The van der Waals surface area contributed by atoms with E-state index in [9.17, 15) is 4.79 Å². The van der Waals surface area contributed by atoms with Crippen LogP contribution in [0.15, 0.2) is 12.2 Å². The summed E-state index contributed by atoms with van der Waals surface area (Å²) in [6, 6.07) is 0. The Morgan fingerprint density at radius 2 is 2.05 bits per heavy atom. The lowest BCUT2D eigenvalue weighted by atomic mass is 9.69. The highest BCUT2D eigenvalue weighted by Crippen LogP contribution is 2.40. The van der Waals surface area contributed by atoms with Crippen molar-refractivity contribution in [2.45, 2.75) is 73.1 Å². The molecule has 1 aliphatic carbocycles. The summed E-state index contributed by atoms with van der Waals surface area (Å²) in [6.07, 6.45) is 11.4. The standard InChI is InChI=1S/C20H36O2/c1-7-20(5,13-11-19(21)22-6)12-10-17-14-16(4)8-9-18(17)15(2)3/h10,12,15-18H,7-9,11,13-14H2,1-6H3/b12-10+/t16-,17-,18+,20-/m1/s1. The molecule has 1 rings (SSSR count). The minimum absolute atomic E-state index is 0.0978. The number of esters is 1. The molecular formula is C20H36O2. The molecule has 4 atom stereocenters. The Balaban J connectivity index is 2.73. The van der Waals surface area contributed by atoms with Gasteiger partial charge in [-0.3, -0.25) is 4.79 Å². The Bertz CT molecular complexity index is 372. The van der Waals surface area contributed by atoms with Gasteiger partial charge >= 0.3 is 5.97 Å². The lowest BCUT2D eigenvalue weighted by molar-refractivity contribution is -0.141. The van der Waals surface area contributed by atoms with Crippen molar-refractivity contribution in [3.05, 3.63) is 12.2 Å². The molecule has 2 heteroatoms. The molecule has 1 saturated carbocycles. The fraction of sp³-hybridized carbons (Fsp3) is 0.850. The molecule has 0 N–H and O–H groups in total. The Morgan fingerprint density at radius 3 is 2.59 bits per heavy atom. The maximum absolute atomic E-state index is 11.4. The summed E-state index contributed by atoms with van der Waals surface area (Å²) in [5.74, 6) is 3.01. The van der Waals surface area contributed by atoms with Crippen molar-refractivity contribution in [3.8, 4) is 0 Å². The van der Waals surface area contributed by atoms with Gasteiger partial charge in [0.2, 0.25) is 0 Å². The van der Waals surface area contributed by atoms with Crippen molar-refractivity contribution < 1.29 is 9.53 Å². The SMILES string of the molecule is CC[C@](C)(/C=C/[C@@H]1C[C@H](C)CC[C@H]1C(C)C)CCC(=O)OC. The largest absolute Gasteiger partial charge is 0.469 e. The minimum Gasteiger partial charge on any atom is -0.469 e. The van der Waals surface area contributed by atoms with Crippen molar-refractivity contribution in [3.63, 3.8) is 0 Å². The van der Waals surface area contributed by atoms with E-state index in [1.54, 1.807) is 0 Å². The Kier molecular flexibility index (Phi) is 7.65. The average Bonchev–Trinajstić information content (AvgIpc) is 2.50. The monoisotopic (exact) mass is 308 g/mol. The van der Waals surface area contributed by atoms with E-state index >= 15 is 0 Å². The van der Waals surface area contributed by atoms with Crippen molar-refractivity contribution in [2.24, 2.45) is 29.1 Å². The second-order valence-corrected chi connectivity index (χ2v) is 7.93. The Labute approximate surface area is 137 Å². The van der Waals surface area contributed by atoms with Crippen molar-refractivity contribution in [2.75, 3.05) is 7.11 Å². The molecule has 128 valence electrons. The van der Waals surface area contributed by atoms with E-state index in [1.165, 1.54) is 26.4 Å². The fourth-order valence-corrected chi connectivity index (χ4v) is 3.72. The summed E-state index contributed by atoms with van der Waals surface area (Å²) in [5, 5.41) is 0. The van der Waals surface area contributed by atoms with E-state index in [-0.39, 0.29) is 11.4 Å². The van der Waals surface area contributed by atoms with Gasteiger partial charge in [0, 0.05) is 6.42 Å². The highest BCUT2D eigenvalue weighted by molar-refractivity contribution is 5.69. The Hall–Kier alpha value is -0.790. The number of ether oxygens (including phenoxy) is 1. The molecule has 2 nitrogen and oxygen atoms in total. The normalized spacial score (nSPS) is 28.8. The average molecular weight is 309 g/mol. The molecule has 0 amide bonds. The van der Waals surface area contributed by atoms with Gasteiger partial charge in [0.1, 0.15) is 0 Å². The number of hydrogen-bond donors (Lipinski definition) is 0. The van der Waals surface area contributed by atoms with Crippen LogP contribution in [0.2, 0.25) is 0 Å². The van der Waals surface area contributed by atoms with Gasteiger partial charge < -0.3 is 4.74 Å². The molecule has 0 spiro atoms. The van der Waals surface area contributed by atoms with Crippen LogP contribution in [0, 0.1) is 29.1 Å². The minimum atomic E-state index is -0.0978. The second kappa shape index (κ2) is 8.74. The third kappa shape index (κ3) is 5.78. The smallest absolute Gasteiger partial charge is 0.305 e. The van der Waals surface area contributed by atoms with E-state index in [4.69, 9.17) is 4.74 Å². The first kappa shape index (κ1) is 19.3. The molecule has 0 aromatic rings. The van der Waals surface area contributed by atoms with Crippen LogP contribution in [0.4, 0.5) is 0 Å². The van der Waals surface area contributed by atoms with Crippen LogP contribution in [-0.2, 0) is 9.53 Å². The summed E-state index contributed by atoms with van der Waals surface area (Å²) in [5.41, 5.74) is 0.108. The summed E-state index contributed by atoms with van der Waals surface area (Å²) in [4.78, 5) is 11.4.